The smallest absolute Gasteiger partial charge is 0.152 e. The van der Waals surface area contributed by atoms with E-state index in [0.29, 0.717) is 13.0 Å². The van der Waals surface area contributed by atoms with Crippen LogP contribution in [0, 0.1) is 22.7 Å². The van der Waals surface area contributed by atoms with Gasteiger partial charge in [0.25, 0.3) is 0 Å². The molecule has 1 fully saturated rings. The van der Waals surface area contributed by atoms with Gasteiger partial charge in [0.15, 0.2) is 5.78 Å². The van der Waals surface area contributed by atoms with Gasteiger partial charge in [-0.15, -0.1) is 0 Å². The predicted molar refractivity (Wildman–Crippen MR) is 57.6 cm³/mol. The van der Waals surface area contributed by atoms with Gasteiger partial charge in [0.2, 0.25) is 0 Å². The van der Waals surface area contributed by atoms with E-state index in [0.717, 1.165) is 12.8 Å². The summed E-state index contributed by atoms with van der Waals surface area (Å²) >= 11 is 0. The first-order chi connectivity index (χ1) is 6.40. The van der Waals surface area contributed by atoms with Crippen molar-refractivity contribution in [2.24, 2.45) is 16.6 Å². The summed E-state index contributed by atoms with van der Waals surface area (Å²) in [4.78, 5) is 11.7. The average Bonchev–Trinajstić information content (AvgIpc) is 2.81. The lowest BCUT2D eigenvalue weighted by molar-refractivity contribution is -0.122. The van der Waals surface area contributed by atoms with Crippen molar-refractivity contribution < 1.29 is 4.79 Å². The quantitative estimate of drug-likeness (QED) is 0.694. The Morgan fingerprint density at radius 3 is 2.36 bits per heavy atom. The zero-order chi connectivity index (χ0) is 10.8. The highest BCUT2D eigenvalue weighted by atomic mass is 16.1. The molecular formula is C12H19NO. The molecule has 1 aliphatic carbocycles. The van der Waals surface area contributed by atoms with Gasteiger partial charge in [-0.25, -0.2) is 0 Å². The maximum absolute atomic E-state index is 11.7. The van der Waals surface area contributed by atoms with Crippen molar-refractivity contribution in [2.45, 2.75) is 40.0 Å². The lowest BCUT2D eigenvalue weighted by atomic mass is 9.95. The third-order valence-electron chi connectivity index (χ3n) is 2.55. The molecule has 2 heteroatoms. The van der Waals surface area contributed by atoms with Crippen LogP contribution in [0.2, 0.25) is 0 Å². The van der Waals surface area contributed by atoms with Crippen LogP contribution < -0.4 is 5.73 Å². The summed E-state index contributed by atoms with van der Waals surface area (Å²) in [5.74, 6) is 6.25. The Morgan fingerprint density at radius 1 is 1.43 bits per heavy atom. The third kappa shape index (κ3) is 2.85. The summed E-state index contributed by atoms with van der Waals surface area (Å²) in [6.07, 6.45) is 2.29. The van der Waals surface area contributed by atoms with Crippen molar-refractivity contribution in [3.8, 4) is 11.8 Å². The summed E-state index contributed by atoms with van der Waals surface area (Å²) in [5.41, 5.74) is 5.36. The normalized spacial score (nSPS) is 18.3. The van der Waals surface area contributed by atoms with Gasteiger partial charge in [-0.1, -0.05) is 11.8 Å². The number of carbonyl (C=O) groups is 1. The number of hydrogen-bond acceptors (Lipinski definition) is 2. The van der Waals surface area contributed by atoms with Crippen LogP contribution in [0.5, 0.6) is 0 Å². The molecule has 0 atom stereocenters. The predicted octanol–water partition coefficient (Wildman–Crippen LogP) is 1.73. The van der Waals surface area contributed by atoms with Crippen molar-refractivity contribution in [2.75, 3.05) is 6.54 Å². The molecule has 0 heterocycles. The molecule has 0 aromatic carbocycles. The summed E-state index contributed by atoms with van der Waals surface area (Å²) in [5, 5.41) is 0. The van der Waals surface area contributed by atoms with Crippen molar-refractivity contribution >= 4 is 5.78 Å². The van der Waals surface area contributed by atoms with E-state index in [-0.39, 0.29) is 16.6 Å². The Kier molecular flexibility index (Phi) is 3.01. The SMILES string of the molecule is CC(C)(C)C#CCC(=O)C1(CN)CC1. The van der Waals surface area contributed by atoms with E-state index in [1.807, 2.05) is 20.8 Å². The Bertz CT molecular complexity index is 284. The second-order valence-corrected chi connectivity index (χ2v) is 5.14. The summed E-state index contributed by atoms with van der Waals surface area (Å²) in [6.45, 7) is 6.62. The van der Waals surface area contributed by atoms with Crippen molar-refractivity contribution in [1.82, 2.24) is 0 Å². The molecule has 0 radical (unpaired) electrons. The standard InChI is InChI=1S/C12H19NO/c1-11(2,3)6-4-5-10(14)12(9-13)7-8-12/h5,7-9,13H2,1-3H3. The van der Waals surface area contributed by atoms with Crippen LogP contribution in [0.4, 0.5) is 0 Å². The minimum Gasteiger partial charge on any atom is -0.329 e. The van der Waals surface area contributed by atoms with E-state index < -0.39 is 0 Å². The van der Waals surface area contributed by atoms with Crippen LogP contribution in [-0.4, -0.2) is 12.3 Å². The fourth-order valence-corrected chi connectivity index (χ4v) is 1.32. The summed E-state index contributed by atoms with van der Waals surface area (Å²) < 4.78 is 0. The Balaban J connectivity index is 2.46. The topological polar surface area (TPSA) is 43.1 Å². The van der Waals surface area contributed by atoms with Crippen LogP contribution in [0.25, 0.3) is 0 Å². The molecule has 1 aliphatic rings. The fraction of sp³-hybridized carbons (Fsp3) is 0.750. The number of carbonyl (C=O) groups excluding carboxylic acids is 1. The maximum Gasteiger partial charge on any atom is 0.152 e. The molecule has 1 rings (SSSR count). The number of hydrogen-bond donors (Lipinski definition) is 1. The van der Waals surface area contributed by atoms with E-state index >= 15 is 0 Å². The average molecular weight is 193 g/mol. The molecule has 1 saturated carbocycles. The molecule has 0 amide bonds. The Labute approximate surface area is 86.2 Å². The summed E-state index contributed by atoms with van der Waals surface area (Å²) in [6, 6.07) is 0. The van der Waals surface area contributed by atoms with E-state index in [1.54, 1.807) is 0 Å². The second kappa shape index (κ2) is 3.74. The van der Waals surface area contributed by atoms with Gasteiger partial charge in [-0.3, -0.25) is 4.79 Å². The molecule has 2 N–H and O–H groups in total. The monoisotopic (exact) mass is 193 g/mol. The molecule has 0 spiro atoms. The van der Waals surface area contributed by atoms with Gasteiger partial charge in [-0.2, -0.15) is 0 Å². The van der Waals surface area contributed by atoms with Gasteiger partial charge in [-0.05, 0) is 33.6 Å². The van der Waals surface area contributed by atoms with Crippen molar-refractivity contribution in [3.63, 3.8) is 0 Å². The Hall–Kier alpha value is -0.810. The van der Waals surface area contributed by atoms with Gasteiger partial charge in [0, 0.05) is 17.4 Å². The number of nitrogens with two attached hydrogens (primary N) is 1. The zero-order valence-corrected chi connectivity index (χ0v) is 9.31. The highest BCUT2D eigenvalue weighted by Crippen LogP contribution is 2.45. The molecule has 0 bridgehead atoms. The third-order valence-corrected chi connectivity index (χ3v) is 2.55. The van der Waals surface area contributed by atoms with Gasteiger partial charge >= 0.3 is 0 Å². The maximum atomic E-state index is 11.7. The fourth-order valence-electron chi connectivity index (χ4n) is 1.32. The largest absolute Gasteiger partial charge is 0.329 e. The molecule has 2 nitrogen and oxygen atoms in total. The molecular weight excluding hydrogens is 174 g/mol. The van der Waals surface area contributed by atoms with Gasteiger partial charge in [0.1, 0.15) is 0 Å². The summed E-state index contributed by atoms with van der Waals surface area (Å²) in [7, 11) is 0. The van der Waals surface area contributed by atoms with E-state index in [9.17, 15) is 4.79 Å². The van der Waals surface area contributed by atoms with E-state index in [4.69, 9.17) is 5.73 Å². The van der Waals surface area contributed by atoms with Crippen LogP contribution in [-0.2, 0) is 4.79 Å². The first kappa shape index (κ1) is 11.3. The number of ketones is 1. The second-order valence-electron chi connectivity index (χ2n) is 5.14. The molecule has 78 valence electrons. The number of Topliss-reactive ketones (excluding diaryl/α,β-unsaturated/α-hetero) is 1. The molecule has 0 aromatic heterocycles. The van der Waals surface area contributed by atoms with Gasteiger partial charge in [0.05, 0.1) is 6.42 Å². The molecule has 14 heavy (non-hydrogen) atoms. The molecule has 0 aromatic rings. The highest BCUT2D eigenvalue weighted by molar-refractivity contribution is 5.89. The lowest BCUT2D eigenvalue weighted by Gasteiger charge is -2.09. The van der Waals surface area contributed by atoms with Crippen molar-refractivity contribution in [1.29, 1.82) is 0 Å². The van der Waals surface area contributed by atoms with E-state index in [1.165, 1.54) is 0 Å². The van der Waals surface area contributed by atoms with Gasteiger partial charge < -0.3 is 5.73 Å². The van der Waals surface area contributed by atoms with Crippen molar-refractivity contribution in [3.05, 3.63) is 0 Å². The lowest BCUT2D eigenvalue weighted by Crippen LogP contribution is -2.24. The van der Waals surface area contributed by atoms with E-state index in [2.05, 4.69) is 11.8 Å². The first-order valence-corrected chi connectivity index (χ1v) is 5.13. The molecule has 0 saturated heterocycles. The molecule has 0 aliphatic heterocycles. The molecule has 0 unspecified atom stereocenters. The first-order valence-electron chi connectivity index (χ1n) is 5.13. The zero-order valence-electron chi connectivity index (χ0n) is 9.31. The number of rotatable bonds is 3. The van der Waals surface area contributed by atoms with Crippen LogP contribution in [0.15, 0.2) is 0 Å². The minimum atomic E-state index is -0.188. The Morgan fingerprint density at radius 2 is 2.00 bits per heavy atom. The highest BCUT2D eigenvalue weighted by Gasteiger charge is 2.47. The van der Waals surface area contributed by atoms with Crippen LogP contribution in [0.1, 0.15) is 40.0 Å². The van der Waals surface area contributed by atoms with Crippen LogP contribution in [0.3, 0.4) is 0 Å². The van der Waals surface area contributed by atoms with Crippen LogP contribution >= 0.6 is 0 Å². The minimum absolute atomic E-state index is 0.0142.